The van der Waals surface area contributed by atoms with Gasteiger partial charge in [-0.2, -0.15) is 5.26 Å². The van der Waals surface area contributed by atoms with E-state index in [1.165, 1.54) is 0 Å². The maximum atomic E-state index is 8.61. The van der Waals surface area contributed by atoms with Gasteiger partial charge in [-0.05, 0) is 12.1 Å². The molecule has 0 fully saturated rings. The van der Waals surface area contributed by atoms with Gasteiger partial charge in [0.05, 0.1) is 16.7 Å². The third kappa shape index (κ3) is 1.32. The van der Waals surface area contributed by atoms with Crippen molar-refractivity contribution < 1.29 is 0 Å². The summed E-state index contributed by atoms with van der Waals surface area (Å²) in [7, 11) is 0. The zero-order chi connectivity index (χ0) is 9.26. The molecule has 0 amide bonds. The highest BCUT2D eigenvalue weighted by molar-refractivity contribution is 6.35. The van der Waals surface area contributed by atoms with E-state index in [2.05, 4.69) is 9.97 Å². The lowest BCUT2D eigenvalue weighted by Crippen LogP contribution is -1.85. The van der Waals surface area contributed by atoms with Gasteiger partial charge in [-0.1, -0.05) is 11.6 Å². The molecule has 4 heteroatoms. The van der Waals surface area contributed by atoms with Crippen molar-refractivity contribution in [2.75, 3.05) is 0 Å². The van der Waals surface area contributed by atoms with Gasteiger partial charge >= 0.3 is 0 Å². The molecule has 0 radical (unpaired) electrons. The van der Waals surface area contributed by atoms with Crippen LogP contribution in [0, 0.1) is 11.3 Å². The number of fused-ring (bicyclic) bond motifs is 1. The van der Waals surface area contributed by atoms with Crippen LogP contribution in [-0.4, -0.2) is 9.97 Å². The largest absolute Gasteiger partial charge is 0.255 e. The Balaban J connectivity index is 2.84. The Bertz CT molecular complexity index is 502. The van der Waals surface area contributed by atoms with Crippen LogP contribution in [0.5, 0.6) is 0 Å². The fraction of sp³-hybridized carbons (Fsp3) is 0. The zero-order valence-electron chi connectivity index (χ0n) is 6.53. The molecule has 0 unspecified atom stereocenters. The Morgan fingerprint density at radius 1 is 1.38 bits per heavy atom. The van der Waals surface area contributed by atoms with Crippen molar-refractivity contribution in [3.8, 4) is 6.07 Å². The summed E-state index contributed by atoms with van der Waals surface area (Å²) in [6, 6.07) is 5.26. The minimum atomic E-state index is 0.349. The Hall–Kier alpha value is -1.66. The lowest BCUT2D eigenvalue weighted by molar-refractivity contribution is 1.26. The molecule has 0 aliphatic heterocycles. The van der Waals surface area contributed by atoms with Crippen molar-refractivity contribution in [1.29, 1.82) is 5.26 Å². The first-order chi connectivity index (χ1) is 6.31. The van der Waals surface area contributed by atoms with Crippen molar-refractivity contribution in [3.63, 3.8) is 0 Å². The van der Waals surface area contributed by atoms with E-state index in [4.69, 9.17) is 16.9 Å². The van der Waals surface area contributed by atoms with Gasteiger partial charge in [0.25, 0.3) is 0 Å². The standard InChI is InChI=1S/C9H4ClN3/c10-8-1-2-12-9-5-13-6(4-11)3-7(8)9/h1-3,5H. The van der Waals surface area contributed by atoms with E-state index in [1.807, 2.05) is 6.07 Å². The first-order valence-corrected chi connectivity index (χ1v) is 3.99. The highest BCUT2D eigenvalue weighted by Crippen LogP contribution is 2.20. The SMILES string of the molecule is N#Cc1cc2c(Cl)ccnc2cn1. The number of pyridine rings is 2. The Labute approximate surface area is 79.6 Å². The van der Waals surface area contributed by atoms with Gasteiger partial charge in [-0.25, -0.2) is 4.98 Å². The number of rotatable bonds is 0. The molecule has 0 aromatic carbocycles. The number of nitriles is 1. The van der Waals surface area contributed by atoms with Crippen LogP contribution in [-0.2, 0) is 0 Å². The van der Waals surface area contributed by atoms with Crippen molar-refractivity contribution >= 4 is 22.5 Å². The molecule has 0 aliphatic rings. The molecular formula is C9H4ClN3. The fourth-order valence-corrected chi connectivity index (χ4v) is 1.28. The first-order valence-electron chi connectivity index (χ1n) is 3.61. The number of halogens is 1. The van der Waals surface area contributed by atoms with E-state index in [1.54, 1.807) is 24.5 Å². The lowest BCUT2D eigenvalue weighted by Gasteiger charge is -1.97. The molecule has 2 aromatic rings. The van der Waals surface area contributed by atoms with Gasteiger partial charge in [0.2, 0.25) is 0 Å². The van der Waals surface area contributed by atoms with Crippen LogP contribution >= 0.6 is 11.6 Å². The molecule has 62 valence electrons. The van der Waals surface area contributed by atoms with Crippen LogP contribution in [0.4, 0.5) is 0 Å². The van der Waals surface area contributed by atoms with Gasteiger partial charge in [0.1, 0.15) is 11.8 Å². The summed E-state index contributed by atoms with van der Waals surface area (Å²) in [5.41, 5.74) is 1.05. The molecule has 0 N–H and O–H groups in total. The van der Waals surface area contributed by atoms with E-state index in [-0.39, 0.29) is 0 Å². The second-order valence-corrected chi connectivity index (χ2v) is 2.90. The van der Waals surface area contributed by atoms with E-state index >= 15 is 0 Å². The molecule has 2 aromatic heterocycles. The Morgan fingerprint density at radius 2 is 2.23 bits per heavy atom. The van der Waals surface area contributed by atoms with Crippen LogP contribution in [0.15, 0.2) is 24.5 Å². The summed E-state index contributed by atoms with van der Waals surface area (Å²) in [6.07, 6.45) is 3.15. The molecular weight excluding hydrogens is 186 g/mol. The van der Waals surface area contributed by atoms with Crippen LogP contribution in [0.2, 0.25) is 5.02 Å². The van der Waals surface area contributed by atoms with Crippen molar-refractivity contribution in [2.45, 2.75) is 0 Å². The van der Waals surface area contributed by atoms with Gasteiger partial charge < -0.3 is 0 Å². The summed E-state index contributed by atoms with van der Waals surface area (Å²) in [4.78, 5) is 7.95. The predicted octanol–water partition coefficient (Wildman–Crippen LogP) is 2.15. The van der Waals surface area contributed by atoms with E-state index < -0.39 is 0 Å². The number of nitrogens with zero attached hydrogens (tertiary/aromatic N) is 3. The van der Waals surface area contributed by atoms with Gasteiger partial charge in [-0.3, -0.25) is 4.98 Å². The maximum Gasteiger partial charge on any atom is 0.141 e. The smallest absolute Gasteiger partial charge is 0.141 e. The third-order valence-electron chi connectivity index (χ3n) is 1.69. The zero-order valence-corrected chi connectivity index (χ0v) is 7.28. The van der Waals surface area contributed by atoms with E-state index in [9.17, 15) is 0 Å². The lowest BCUT2D eigenvalue weighted by atomic mass is 10.2. The van der Waals surface area contributed by atoms with Crippen LogP contribution in [0.25, 0.3) is 10.9 Å². The normalized spacial score (nSPS) is 9.85. The molecule has 3 nitrogen and oxygen atoms in total. The summed E-state index contributed by atoms with van der Waals surface area (Å²) in [5.74, 6) is 0. The molecule has 0 bridgehead atoms. The quantitative estimate of drug-likeness (QED) is 0.638. The number of hydrogen-bond donors (Lipinski definition) is 0. The topological polar surface area (TPSA) is 49.6 Å². The van der Waals surface area contributed by atoms with Crippen LogP contribution in [0.1, 0.15) is 5.69 Å². The van der Waals surface area contributed by atoms with Crippen LogP contribution in [0.3, 0.4) is 0 Å². The van der Waals surface area contributed by atoms with E-state index in [0.717, 1.165) is 5.39 Å². The Kier molecular flexibility index (Phi) is 1.84. The molecule has 0 saturated carbocycles. The minimum absolute atomic E-state index is 0.349. The van der Waals surface area contributed by atoms with Crippen LogP contribution < -0.4 is 0 Å². The van der Waals surface area contributed by atoms with Crippen molar-refractivity contribution in [2.24, 2.45) is 0 Å². The molecule has 0 spiro atoms. The molecule has 2 heterocycles. The first kappa shape index (κ1) is 7.96. The number of hydrogen-bond acceptors (Lipinski definition) is 3. The average molecular weight is 190 g/mol. The minimum Gasteiger partial charge on any atom is -0.255 e. The summed E-state index contributed by atoms with van der Waals surface area (Å²) in [6.45, 7) is 0. The summed E-state index contributed by atoms with van der Waals surface area (Å²) < 4.78 is 0. The fourth-order valence-electron chi connectivity index (χ4n) is 1.08. The second-order valence-electron chi connectivity index (χ2n) is 2.49. The molecule has 2 rings (SSSR count). The van der Waals surface area contributed by atoms with Gasteiger partial charge in [0.15, 0.2) is 0 Å². The Morgan fingerprint density at radius 3 is 3.00 bits per heavy atom. The summed E-state index contributed by atoms with van der Waals surface area (Å²) in [5, 5.41) is 9.96. The van der Waals surface area contributed by atoms with Gasteiger partial charge in [0, 0.05) is 11.6 Å². The van der Waals surface area contributed by atoms with Gasteiger partial charge in [-0.15, -0.1) is 0 Å². The van der Waals surface area contributed by atoms with Crippen molar-refractivity contribution in [3.05, 3.63) is 35.2 Å². The van der Waals surface area contributed by atoms with E-state index in [0.29, 0.717) is 16.2 Å². The molecule has 13 heavy (non-hydrogen) atoms. The van der Waals surface area contributed by atoms with Crippen molar-refractivity contribution in [1.82, 2.24) is 9.97 Å². The summed E-state index contributed by atoms with van der Waals surface area (Å²) >= 11 is 5.91. The number of aromatic nitrogens is 2. The monoisotopic (exact) mass is 189 g/mol. The highest BCUT2D eigenvalue weighted by atomic mass is 35.5. The molecule has 0 aliphatic carbocycles. The predicted molar refractivity (Wildman–Crippen MR) is 49.3 cm³/mol. The molecule has 0 atom stereocenters. The highest BCUT2D eigenvalue weighted by Gasteiger charge is 2.01. The molecule has 0 saturated heterocycles. The average Bonchev–Trinajstić information content (AvgIpc) is 2.18. The third-order valence-corrected chi connectivity index (χ3v) is 2.02. The maximum absolute atomic E-state index is 8.61. The second kappa shape index (κ2) is 3.00.